The van der Waals surface area contributed by atoms with Crippen molar-refractivity contribution >= 4 is 23.0 Å². The van der Waals surface area contributed by atoms with Crippen LogP contribution in [-0.2, 0) is 0 Å². The van der Waals surface area contributed by atoms with Crippen molar-refractivity contribution in [2.24, 2.45) is 5.41 Å². The molecule has 3 N–H and O–H groups in total. The maximum Gasteiger partial charge on any atom is 0.257 e. The number of carbonyl (C=O) groups excluding carboxylic acids is 1. The van der Waals surface area contributed by atoms with Crippen molar-refractivity contribution in [3.63, 3.8) is 0 Å². The lowest BCUT2D eigenvalue weighted by atomic mass is 9.87. The minimum absolute atomic E-state index is 0.0389. The molecule has 1 saturated carbocycles. The van der Waals surface area contributed by atoms with E-state index in [1.165, 1.54) is 11.0 Å². The summed E-state index contributed by atoms with van der Waals surface area (Å²) in [5.74, 6) is -0.608. The number of anilines is 3. The molecule has 1 unspecified atom stereocenters. The highest BCUT2D eigenvalue weighted by molar-refractivity contribution is 5.99. The molecular formula is C20H25N3O4. The second-order valence-electron chi connectivity index (χ2n) is 8.01. The Balaban J connectivity index is 1.89. The summed E-state index contributed by atoms with van der Waals surface area (Å²) in [7, 11) is 3.17. The summed E-state index contributed by atoms with van der Waals surface area (Å²) in [5.41, 5.74) is -0.427. The monoisotopic (exact) mass is 371 g/mol. The molecule has 2 aromatic rings. The number of nitrogens with one attached hydrogen (secondary N) is 2. The van der Waals surface area contributed by atoms with Gasteiger partial charge >= 0.3 is 0 Å². The lowest BCUT2D eigenvalue weighted by Gasteiger charge is -2.30. The highest BCUT2D eigenvalue weighted by Crippen LogP contribution is 2.40. The van der Waals surface area contributed by atoms with Crippen molar-refractivity contribution in [3.8, 4) is 5.75 Å². The fourth-order valence-electron chi connectivity index (χ4n) is 3.61. The molecule has 3 rings (SSSR count). The quantitative estimate of drug-likeness (QED) is 0.551. The SMILES string of the molecule is CN(C)C(=O)c1cccc(Nc2c(NC3CCCC3(C)C)c(=O)c2=O)c1O. The first-order valence-corrected chi connectivity index (χ1v) is 9.04. The number of carbonyl (C=O) groups is 1. The van der Waals surface area contributed by atoms with Gasteiger partial charge in [0.1, 0.15) is 11.4 Å². The Bertz CT molecular complexity index is 955. The number of hydrogen-bond acceptors (Lipinski definition) is 6. The smallest absolute Gasteiger partial charge is 0.257 e. The third-order valence-corrected chi connectivity index (χ3v) is 5.42. The Morgan fingerprint density at radius 3 is 2.44 bits per heavy atom. The normalized spacial score (nSPS) is 18.4. The molecular weight excluding hydrogens is 346 g/mol. The van der Waals surface area contributed by atoms with Crippen molar-refractivity contribution in [1.29, 1.82) is 0 Å². The summed E-state index contributed by atoms with van der Waals surface area (Å²) in [5, 5.41) is 16.5. The highest BCUT2D eigenvalue weighted by Gasteiger charge is 2.36. The maximum atomic E-state index is 12.2. The van der Waals surface area contributed by atoms with E-state index in [1.54, 1.807) is 26.2 Å². The Kier molecular flexibility index (Phi) is 4.71. The molecule has 0 heterocycles. The van der Waals surface area contributed by atoms with Crippen LogP contribution in [0.4, 0.5) is 17.1 Å². The standard InChI is InChI=1S/C20H25N3O4/c1-20(2)10-6-9-13(20)22-15-14(17(25)18(15)26)21-12-8-5-7-11(16(12)24)19(27)23(3)4/h5,7-8,13,21-22,24H,6,9-10H2,1-4H3. The summed E-state index contributed by atoms with van der Waals surface area (Å²) in [6.45, 7) is 4.27. The largest absolute Gasteiger partial charge is 0.505 e. The predicted molar refractivity (Wildman–Crippen MR) is 106 cm³/mol. The molecule has 1 atom stereocenters. The van der Waals surface area contributed by atoms with E-state index in [2.05, 4.69) is 24.5 Å². The molecule has 1 aliphatic rings. The maximum absolute atomic E-state index is 12.2. The molecule has 27 heavy (non-hydrogen) atoms. The topological polar surface area (TPSA) is 98.7 Å². The second-order valence-corrected chi connectivity index (χ2v) is 8.01. The van der Waals surface area contributed by atoms with Gasteiger partial charge in [-0.05, 0) is 30.4 Å². The first kappa shape index (κ1) is 18.9. The van der Waals surface area contributed by atoms with Crippen LogP contribution in [0.3, 0.4) is 0 Å². The highest BCUT2D eigenvalue weighted by atomic mass is 16.3. The summed E-state index contributed by atoms with van der Waals surface area (Å²) in [6.07, 6.45) is 3.06. The number of para-hydroxylation sites is 1. The van der Waals surface area contributed by atoms with E-state index < -0.39 is 10.9 Å². The number of aromatic hydroxyl groups is 1. The number of hydrogen-bond donors (Lipinski definition) is 3. The Labute approximate surface area is 157 Å². The van der Waals surface area contributed by atoms with Crippen LogP contribution in [0.25, 0.3) is 0 Å². The first-order chi connectivity index (χ1) is 12.6. The number of phenolic OH excluding ortho intramolecular Hbond substituents is 1. The van der Waals surface area contributed by atoms with Gasteiger partial charge < -0.3 is 20.6 Å². The Hall–Kier alpha value is -2.83. The van der Waals surface area contributed by atoms with Crippen LogP contribution >= 0.6 is 0 Å². The minimum Gasteiger partial charge on any atom is -0.505 e. The molecule has 7 nitrogen and oxygen atoms in total. The molecule has 1 fully saturated rings. The number of amides is 1. The van der Waals surface area contributed by atoms with E-state index in [9.17, 15) is 19.5 Å². The van der Waals surface area contributed by atoms with Crippen molar-refractivity contribution < 1.29 is 9.90 Å². The molecule has 0 spiro atoms. The van der Waals surface area contributed by atoms with Gasteiger partial charge in [-0.15, -0.1) is 0 Å². The van der Waals surface area contributed by atoms with Gasteiger partial charge in [0.15, 0.2) is 5.75 Å². The average Bonchev–Trinajstić information content (AvgIpc) is 2.96. The second kappa shape index (κ2) is 6.72. The molecule has 1 aliphatic carbocycles. The lowest BCUT2D eigenvalue weighted by Crippen LogP contribution is -2.41. The van der Waals surface area contributed by atoms with Gasteiger partial charge in [0.2, 0.25) is 0 Å². The number of nitrogens with zero attached hydrogens (tertiary/aromatic N) is 1. The summed E-state index contributed by atoms with van der Waals surface area (Å²) in [6, 6.07) is 4.78. The third-order valence-electron chi connectivity index (χ3n) is 5.42. The van der Waals surface area contributed by atoms with Gasteiger partial charge in [0.25, 0.3) is 16.8 Å². The van der Waals surface area contributed by atoms with E-state index in [0.717, 1.165) is 19.3 Å². The van der Waals surface area contributed by atoms with Gasteiger partial charge in [-0.2, -0.15) is 0 Å². The number of benzene rings is 1. The molecule has 0 radical (unpaired) electrons. The van der Waals surface area contributed by atoms with E-state index in [-0.39, 0.29) is 45.7 Å². The van der Waals surface area contributed by atoms with Crippen LogP contribution in [0.5, 0.6) is 5.75 Å². The summed E-state index contributed by atoms with van der Waals surface area (Å²) >= 11 is 0. The van der Waals surface area contributed by atoms with Crippen molar-refractivity contribution in [1.82, 2.24) is 4.90 Å². The Morgan fingerprint density at radius 1 is 1.19 bits per heavy atom. The van der Waals surface area contributed by atoms with Gasteiger partial charge in [0.05, 0.1) is 11.3 Å². The minimum atomic E-state index is -0.628. The molecule has 7 heteroatoms. The van der Waals surface area contributed by atoms with Crippen molar-refractivity contribution in [2.45, 2.75) is 39.2 Å². The molecule has 1 amide bonds. The summed E-state index contributed by atoms with van der Waals surface area (Å²) < 4.78 is 0. The van der Waals surface area contributed by atoms with Crippen LogP contribution in [0.2, 0.25) is 0 Å². The average molecular weight is 371 g/mol. The summed E-state index contributed by atoms with van der Waals surface area (Å²) in [4.78, 5) is 37.7. The van der Waals surface area contributed by atoms with E-state index in [1.807, 2.05) is 0 Å². The lowest BCUT2D eigenvalue weighted by molar-refractivity contribution is 0.0824. The fraction of sp³-hybridized carbons (Fsp3) is 0.450. The van der Waals surface area contributed by atoms with Crippen LogP contribution in [0, 0.1) is 5.41 Å². The molecule has 144 valence electrons. The number of rotatable bonds is 5. The van der Waals surface area contributed by atoms with Gasteiger partial charge in [0, 0.05) is 20.1 Å². The van der Waals surface area contributed by atoms with Gasteiger partial charge in [-0.25, -0.2) is 0 Å². The van der Waals surface area contributed by atoms with Crippen LogP contribution < -0.4 is 21.5 Å². The first-order valence-electron chi connectivity index (χ1n) is 9.04. The van der Waals surface area contributed by atoms with Crippen LogP contribution in [0.15, 0.2) is 27.8 Å². The molecule has 0 bridgehead atoms. The molecule has 0 aliphatic heterocycles. The molecule has 0 aromatic heterocycles. The van der Waals surface area contributed by atoms with Crippen LogP contribution in [0.1, 0.15) is 43.5 Å². The zero-order valence-electron chi connectivity index (χ0n) is 16.0. The zero-order valence-corrected chi connectivity index (χ0v) is 16.0. The molecule has 0 saturated heterocycles. The molecule has 2 aromatic carbocycles. The van der Waals surface area contributed by atoms with Gasteiger partial charge in [-0.3, -0.25) is 14.4 Å². The van der Waals surface area contributed by atoms with Crippen molar-refractivity contribution in [3.05, 3.63) is 44.2 Å². The van der Waals surface area contributed by atoms with E-state index in [4.69, 9.17) is 0 Å². The Morgan fingerprint density at radius 2 is 1.85 bits per heavy atom. The zero-order chi connectivity index (χ0) is 19.9. The predicted octanol–water partition coefficient (Wildman–Crippen LogP) is 2.42. The fourth-order valence-corrected chi connectivity index (χ4v) is 3.61. The number of phenols is 1. The van der Waals surface area contributed by atoms with Gasteiger partial charge in [-0.1, -0.05) is 26.3 Å². The van der Waals surface area contributed by atoms with Crippen LogP contribution in [-0.4, -0.2) is 36.1 Å². The third kappa shape index (κ3) is 3.29. The van der Waals surface area contributed by atoms with Crippen molar-refractivity contribution in [2.75, 3.05) is 24.7 Å². The van der Waals surface area contributed by atoms with E-state index >= 15 is 0 Å². The van der Waals surface area contributed by atoms with E-state index in [0.29, 0.717) is 0 Å².